The highest BCUT2D eigenvalue weighted by atomic mass is 16.5. The van der Waals surface area contributed by atoms with Crippen LogP contribution in [-0.2, 0) is 9.59 Å². The second kappa shape index (κ2) is 10.2. The van der Waals surface area contributed by atoms with Crippen molar-refractivity contribution in [3.8, 4) is 5.75 Å². The van der Waals surface area contributed by atoms with Crippen LogP contribution in [0.2, 0.25) is 0 Å². The average Bonchev–Trinajstić information content (AvgIpc) is 3.41. The van der Waals surface area contributed by atoms with Gasteiger partial charge in [-0.1, -0.05) is 26.0 Å². The van der Waals surface area contributed by atoms with Gasteiger partial charge in [0.15, 0.2) is 17.1 Å². The van der Waals surface area contributed by atoms with E-state index in [0.29, 0.717) is 35.2 Å². The standard InChI is InChI=1S/C26H29N3O5/c1-4-28(5-2)14-7-15-29-22(17-10-12-27-13-11-17)21(24(31)26(29)32)23(30)20-16-18-8-6-9-19(33-3)25(18)34-20/h6,8-13,16,21-22H,4-5,7,14-15H2,1-3H3. The molecule has 3 heterocycles. The molecule has 1 amide bonds. The van der Waals surface area contributed by atoms with Gasteiger partial charge in [0.1, 0.15) is 5.92 Å². The number of methoxy groups -OCH3 is 1. The molecule has 1 aliphatic rings. The number of fused-ring (bicyclic) bond motifs is 1. The number of hydrogen-bond acceptors (Lipinski definition) is 7. The van der Waals surface area contributed by atoms with Crippen molar-refractivity contribution in [1.29, 1.82) is 0 Å². The maximum Gasteiger partial charge on any atom is 0.291 e. The zero-order valence-electron chi connectivity index (χ0n) is 19.7. The lowest BCUT2D eigenvalue weighted by atomic mass is 9.88. The number of aromatic nitrogens is 1. The van der Waals surface area contributed by atoms with Crippen LogP contribution in [0.4, 0.5) is 0 Å². The molecule has 8 nitrogen and oxygen atoms in total. The molecule has 1 saturated heterocycles. The quantitative estimate of drug-likeness (QED) is 0.258. The van der Waals surface area contributed by atoms with Crippen molar-refractivity contribution in [2.24, 2.45) is 5.92 Å². The summed E-state index contributed by atoms with van der Waals surface area (Å²) in [6.07, 6.45) is 3.90. The Morgan fingerprint density at radius 3 is 2.56 bits per heavy atom. The van der Waals surface area contributed by atoms with Crippen LogP contribution in [-0.4, -0.2) is 65.5 Å². The van der Waals surface area contributed by atoms with E-state index < -0.39 is 29.4 Å². The van der Waals surface area contributed by atoms with E-state index >= 15 is 0 Å². The molecule has 3 aromatic rings. The van der Waals surface area contributed by atoms with Gasteiger partial charge in [-0.3, -0.25) is 19.4 Å². The Labute approximate surface area is 198 Å². The molecule has 0 N–H and O–H groups in total. The van der Waals surface area contributed by atoms with Gasteiger partial charge in [-0.05, 0) is 55.9 Å². The Morgan fingerprint density at radius 1 is 1.15 bits per heavy atom. The Kier molecular flexibility index (Phi) is 7.07. The number of hydrogen-bond donors (Lipinski definition) is 0. The number of carbonyl (C=O) groups excluding carboxylic acids is 3. The average molecular weight is 464 g/mol. The third-order valence-electron chi connectivity index (χ3n) is 6.47. The lowest BCUT2D eigenvalue weighted by molar-refractivity contribution is -0.140. The third kappa shape index (κ3) is 4.33. The van der Waals surface area contributed by atoms with Crippen molar-refractivity contribution in [3.05, 3.63) is 60.1 Å². The predicted octanol–water partition coefficient (Wildman–Crippen LogP) is 3.52. The number of likely N-dealkylation sites (tertiary alicyclic amines) is 1. The number of Topliss-reactive ketones (excluding diaryl/α,β-unsaturated/α-hetero) is 2. The maximum absolute atomic E-state index is 13.6. The van der Waals surface area contributed by atoms with Crippen LogP contribution in [0.5, 0.6) is 5.75 Å². The number of rotatable bonds is 10. The molecular formula is C26H29N3O5. The summed E-state index contributed by atoms with van der Waals surface area (Å²) in [5, 5.41) is 0.691. The molecule has 0 spiro atoms. The highest BCUT2D eigenvalue weighted by molar-refractivity contribution is 6.43. The number of ketones is 2. The van der Waals surface area contributed by atoms with Crippen LogP contribution in [0.1, 0.15) is 42.4 Å². The van der Waals surface area contributed by atoms with Gasteiger partial charge in [0, 0.05) is 24.3 Å². The fraction of sp³-hybridized carbons (Fsp3) is 0.385. The topological polar surface area (TPSA) is 93.0 Å². The zero-order valence-corrected chi connectivity index (χ0v) is 19.7. The van der Waals surface area contributed by atoms with E-state index in [9.17, 15) is 14.4 Å². The molecule has 1 aromatic carbocycles. The van der Waals surface area contributed by atoms with Gasteiger partial charge >= 0.3 is 0 Å². The minimum absolute atomic E-state index is 0.0368. The molecule has 2 aromatic heterocycles. The smallest absolute Gasteiger partial charge is 0.291 e. The number of para-hydroxylation sites is 1. The van der Waals surface area contributed by atoms with Crippen molar-refractivity contribution >= 4 is 28.4 Å². The second-order valence-corrected chi connectivity index (χ2v) is 8.30. The number of carbonyl (C=O) groups is 3. The van der Waals surface area contributed by atoms with Gasteiger partial charge in [-0.25, -0.2) is 0 Å². The summed E-state index contributed by atoms with van der Waals surface area (Å²) in [5.74, 6) is -2.50. The Morgan fingerprint density at radius 2 is 1.88 bits per heavy atom. The summed E-state index contributed by atoms with van der Waals surface area (Å²) in [7, 11) is 1.52. The molecule has 0 aliphatic carbocycles. The Hall–Kier alpha value is -3.52. The molecule has 1 aliphatic heterocycles. The van der Waals surface area contributed by atoms with Crippen LogP contribution in [0.15, 0.2) is 53.2 Å². The first kappa shape index (κ1) is 23.6. The van der Waals surface area contributed by atoms with Gasteiger partial charge in [0.2, 0.25) is 11.6 Å². The molecule has 0 bridgehead atoms. The first-order valence-electron chi connectivity index (χ1n) is 11.6. The number of ether oxygens (including phenoxy) is 1. The minimum Gasteiger partial charge on any atom is -0.493 e. The first-order valence-corrected chi connectivity index (χ1v) is 11.6. The Balaban J connectivity index is 1.68. The lowest BCUT2D eigenvalue weighted by Crippen LogP contribution is -2.34. The van der Waals surface area contributed by atoms with E-state index in [0.717, 1.165) is 19.6 Å². The highest BCUT2D eigenvalue weighted by Gasteiger charge is 2.52. The molecule has 2 unspecified atom stereocenters. The monoisotopic (exact) mass is 463 g/mol. The Bertz CT molecular complexity index is 1190. The fourth-order valence-electron chi connectivity index (χ4n) is 4.64. The molecule has 4 rings (SSSR count). The van der Waals surface area contributed by atoms with Crippen LogP contribution in [0, 0.1) is 5.92 Å². The number of amides is 1. The second-order valence-electron chi connectivity index (χ2n) is 8.30. The van der Waals surface area contributed by atoms with Crippen LogP contribution >= 0.6 is 0 Å². The summed E-state index contributed by atoms with van der Waals surface area (Å²) in [4.78, 5) is 47.7. The number of furan rings is 1. The van der Waals surface area contributed by atoms with Crippen LogP contribution in [0.25, 0.3) is 11.0 Å². The SMILES string of the molecule is CCN(CC)CCCN1C(=O)C(=O)C(C(=O)c2cc3cccc(OC)c3o2)C1c1ccncc1. The van der Waals surface area contributed by atoms with Gasteiger partial charge in [0.25, 0.3) is 5.91 Å². The van der Waals surface area contributed by atoms with Gasteiger partial charge < -0.3 is 19.0 Å². The molecule has 1 fully saturated rings. The van der Waals surface area contributed by atoms with Crippen LogP contribution < -0.4 is 4.74 Å². The van der Waals surface area contributed by atoms with Gasteiger partial charge in [0.05, 0.1) is 13.2 Å². The summed E-state index contributed by atoms with van der Waals surface area (Å²) in [5.41, 5.74) is 1.13. The van der Waals surface area contributed by atoms with E-state index in [1.54, 1.807) is 48.8 Å². The van der Waals surface area contributed by atoms with Crippen molar-refractivity contribution in [1.82, 2.24) is 14.8 Å². The van der Waals surface area contributed by atoms with E-state index in [1.807, 2.05) is 0 Å². The third-order valence-corrected chi connectivity index (χ3v) is 6.47. The van der Waals surface area contributed by atoms with Gasteiger partial charge in [-0.15, -0.1) is 0 Å². The molecule has 34 heavy (non-hydrogen) atoms. The molecule has 0 saturated carbocycles. The first-order chi connectivity index (χ1) is 16.5. The number of benzene rings is 1. The summed E-state index contributed by atoms with van der Waals surface area (Å²) in [6, 6.07) is 9.73. The maximum atomic E-state index is 13.6. The largest absolute Gasteiger partial charge is 0.493 e. The summed E-state index contributed by atoms with van der Waals surface area (Å²) < 4.78 is 11.2. The lowest BCUT2D eigenvalue weighted by Gasteiger charge is -2.28. The van der Waals surface area contributed by atoms with Crippen molar-refractivity contribution in [2.45, 2.75) is 26.3 Å². The summed E-state index contributed by atoms with van der Waals surface area (Å²) in [6.45, 7) is 7.18. The van der Waals surface area contributed by atoms with Crippen LogP contribution in [0.3, 0.4) is 0 Å². The minimum atomic E-state index is -1.19. The number of pyridine rings is 1. The molecule has 2 atom stereocenters. The summed E-state index contributed by atoms with van der Waals surface area (Å²) >= 11 is 0. The predicted molar refractivity (Wildman–Crippen MR) is 127 cm³/mol. The number of nitrogens with zero attached hydrogens (tertiary/aromatic N) is 3. The molecule has 0 radical (unpaired) electrons. The normalized spacial score (nSPS) is 18.3. The molecular weight excluding hydrogens is 434 g/mol. The van der Waals surface area contributed by atoms with Gasteiger partial charge in [-0.2, -0.15) is 0 Å². The van der Waals surface area contributed by atoms with Crippen molar-refractivity contribution in [3.63, 3.8) is 0 Å². The molecule has 178 valence electrons. The fourth-order valence-corrected chi connectivity index (χ4v) is 4.64. The van der Waals surface area contributed by atoms with E-state index in [1.165, 1.54) is 12.0 Å². The van der Waals surface area contributed by atoms with E-state index in [-0.39, 0.29) is 5.76 Å². The van der Waals surface area contributed by atoms with E-state index in [2.05, 4.69) is 23.7 Å². The zero-order chi connectivity index (χ0) is 24.2. The van der Waals surface area contributed by atoms with Crippen molar-refractivity contribution in [2.75, 3.05) is 33.3 Å². The molecule has 8 heteroatoms. The van der Waals surface area contributed by atoms with Crippen molar-refractivity contribution < 1.29 is 23.5 Å². The van der Waals surface area contributed by atoms with E-state index in [4.69, 9.17) is 9.15 Å². The highest BCUT2D eigenvalue weighted by Crippen LogP contribution is 2.39.